The van der Waals surface area contributed by atoms with E-state index in [1.54, 1.807) is 0 Å². The topological polar surface area (TPSA) is 29.0 Å². The van der Waals surface area contributed by atoms with Crippen LogP contribution in [0, 0.1) is 12.1 Å². The van der Waals surface area contributed by atoms with E-state index in [4.69, 9.17) is 9.97 Å². The van der Waals surface area contributed by atoms with Gasteiger partial charge in [0.05, 0.1) is 0 Å². The molecule has 65 heavy (non-hydrogen) atoms. The van der Waals surface area contributed by atoms with Gasteiger partial charge in [-0.05, 0) is 57.0 Å². The normalized spacial score (nSPS) is 12.9. The Balaban J connectivity index is 0.00000469. The van der Waals surface area contributed by atoms with Crippen LogP contribution in [0.1, 0.15) is 0 Å². The van der Waals surface area contributed by atoms with Gasteiger partial charge in [0.1, 0.15) is 22.0 Å². The van der Waals surface area contributed by atoms with Crippen LogP contribution in [0.15, 0.2) is 237 Å². The van der Waals surface area contributed by atoms with E-state index in [0.717, 1.165) is 33.6 Å². The Labute approximate surface area is 399 Å². The Hall–Kier alpha value is -6.82. The van der Waals surface area contributed by atoms with Crippen LogP contribution >= 0.6 is 11.3 Å². The van der Waals surface area contributed by atoms with Crippen LogP contribution in [0.4, 0.5) is 17.2 Å². The molecule has 0 atom stereocenters. The molecule has 3 nitrogen and oxygen atoms in total. The first-order valence-corrected chi connectivity index (χ1v) is 26.5. The largest absolute Gasteiger partial charge is 2.00 e. The van der Waals surface area contributed by atoms with Crippen LogP contribution in [0.5, 0.6) is 0 Å². The molecule has 0 aliphatic carbocycles. The van der Waals surface area contributed by atoms with Crippen molar-refractivity contribution in [2.24, 2.45) is 0 Å². The Kier molecular flexibility index (Phi) is 10.7. The summed E-state index contributed by atoms with van der Waals surface area (Å²) in [5.41, 5.74) is 4.04. The van der Waals surface area contributed by atoms with Crippen LogP contribution in [-0.4, -0.2) is 26.1 Å². The number of aromatic nitrogens is 2. The van der Waals surface area contributed by atoms with Crippen LogP contribution in [0.3, 0.4) is 0 Å². The van der Waals surface area contributed by atoms with Gasteiger partial charge in [-0.2, -0.15) is 6.07 Å². The molecule has 11 aromatic rings. The number of nitrogens with zero attached hydrogens (tertiary/aromatic N) is 3. The molecule has 8 aromatic carbocycles. The van der Waals surface area contributed by atoms with Gasteiger partial charge in [0.25, 0.3) is 0 Å². The zero-order valence-electron chi connectivity index (χ0n) is 35.1. The average molecular weight is 973 g/mol. The van der Waals surface area contributed by atoms with Crippen molar-refractivity contribution in [3.8, 4) is 11.3 Å². The number of pyridine rings is 2. The van der Waals surface area contributed by atoms with Gasteiger partial charge in [-0.1, -0.05) is 197 Å². The molecule has 0 unspecified atom stereocenters. The predicted octanol–water partition coefficient (Wildman–Crippen LogP) is 8.65. The summed E-state index contributed by atoms with van der Waals surface area (Å²) in [6.07, 6.45) is 3.78. The molecule has 0 amide bonds. The number of rotatable bonds is 8. The van der Waals surface area contributed by atoms with Crippen molar-refractivity contribution < 1.29 is 20.4 Å². The Morgan fingerprint density at radius 3 is 1.74 bits per heavy atom. The Morgan fingerprint density at radius 2 is 1.09 bits per heavy atom. The Morgan fingerprint density at radius 1 is 0.508 bits per heavy atom. The average Bonchev–Trinajstić information content (AvgIpc) is 3.77. The fourth-order valence-corrected chi connectivity index (χ4v) is 22.1. The van der Waals surface area contributed by atoms with Gasteiger partial charge in [0, 0.05) is 22.8 Å². The van der Waals surface area contributed by atoms with Gasteiger partial charge >= 0.3 is 20.4 Å². The number of anilines is 3. The van der Waals surface area contributed by atoms with Gasteiger partial charge in [0.15, 0.2) is 0 Å². The molecule has 3 aromatic heterocycles. The van der Waals surface area contributed by atoms with Crippen LogP contribution in [0.2, 0.25) is 0 Å². The minimum Gasteiger partial charge on any atom is -0.319 e. The van der Waals surface area contributed by atoms with Crippen LogP contribution < -0.4 is 46.4 Å². The number of hydrogen-bond donors (Lipinski definition) is 0. The molecule has 0 saturated carbocycles. The second kappa shape index (κ2) is 16.9. The summed E-state index contributed by atoms with van der Waals surface area (Å²) in [6.45, 7) is 0. The zero-order valence-corrected chi connectivity index (χ0v) is 39.5. The quantitative estimate of drug-likeness (QED) is 0.0869. The van der Waals surface area contributed by atoms with Gasteiger partial charge < -0.3 is 9.88 Å². The smallest absolute Gasteiger partial charge is 0.319 e. The maximum atomic E-state index is 5.16. The van der Waals surface area contributed by atoms with E-state index < -0.39 is 16.1 Å². The molecule has 0 N–H and O–H groups in total. The maximum absolute atomic E-state index is 5.16. The third-order valence-electron chi connectivity index (χ3n) is 12.9. The van der Waals surface area contributed by atoms with E-state index in [-0.39, 0.29) is 20.4 Å². The molecule has 0 spiro atoms. The van der Waals surface area contributed by atoms with Crippen LogP contribution in [0.25, 0.3) is 31.4 Å². The first-order chi connectivity index (χ1) is 31.8. The van der Waals surface area contributed by atoms with E-state index in [1.807, 2.05) is 35.9 Å². The molecule has 0 radical (unpaired) electrons. The molecule has 7 heteroatoms. The standard InChI is InChI=1S/C58H39N3SSi2.Pd/c1-5-23-43(24-6-1)63(44-25-7-2-8-26-44,47-31-21-22-42(40-47)49-33-17-19-38-59-49)54-41-51-58(56-48-32-13-15-35-52(48)62-57(54)56)64(45-27-9-3-10-28-45,46-29-11-4-12-30-46)53-36-16-14-34-50(53)61(51)55-37-18-20-39-60-55;/h1-39H;/q-2;+2. The van der Waals surface area contributed by atoms with Crippen molar-refractivity contribution in [1.82, 2.24) is 9.97 Å². The van der Waals surface area contributed by atoms with Gasteiger partial charge in [-0.15, -0.1) is 50.8 Å². The van der Waals surface area contributed by atoms with E-state index >= 15 is 0 Å². The predicted molar refractivity (Wildman–Crippen MR) is 274 cm³/mol. The molecule has 310 valence electrons. The first-order valence-electron chi connectivity index (χ1n) is 21.7. The van der Waals surface area contributed by atoms with Gasteiger partial charge in [-0.25, -0.2) is 16.3 Å². The summed E-state index contributed by atoms with van der Waals surface area (Å²) < 4.78 is 2.52. The number of hydrogen-bond acceptors (Lipinski definition) is 4. The molecule has 4 heterocycles. The third-order valence-corrected chi connectivity index (χ3v) is 23.8. The van der Waals surface area contributed by atoms with E-state index in [9.17, 15) is 0 Å². The monoisotopic (exact) mass is 971 g/mol. The van der Waals surface area contributed by atoms with E-state index in [2.05, 4.69) is 229 Å². The minimum atomic E-state index is -3.34. The summed E-state index contributed by atoms with van der Waals surface area (Å²) in [4.78, 5) is 12.4. The number of benzene rings is 8. The summed E-state index contributed by atoms with van der Waals surface area (Å²) in [5.74, 6) is 0.858. The van der Waals surface area contributed by atoms with Crippen molar-refractivity contribution in [2.75, 3.05) is 4.90 Å². The number of para-hydroxylation sites is 1. The molecule has 1 aliphatic heterocycles. The molecule has 0 fully saturated rings. The zero-order chi connectivity index (χ0) is 42.5. The summed E-state index contributed by atoms with van der Waals surface area (Å²) in [5, 5.41) is 12.8. The van der Waals surface area contributed by atoms with Crippen molar-refractivity contribution in [2.45, 2.75) is 0 Å². The summed E-state index contributed by atoms with van der Waals surface area (Å²) in [6, 6.07) is 90.8. The fraction of sp³-hybridized carbons (Fsp3) is 0. The SMILES string of the molecule is [Pd+2].[c-]1c(-c2ccccn2)cccc1[Si](c1ccccc1)(c1ccccc1)c1[c-]c2c(c3c1sc1ccccc13)[Si](c1ccccc1)(c1ccccc1)c1ccccc1N2c1ccccn1. The van der Waals surface area contributed by atoms with Crippen LogP contribution in [-0.2, 0) is 20.4 Å². The summed E-state index contributed by atoms with van der Waals surface area (Å²) in [7, 11) is -6.50. The van der Waals surface area contributed by atoms with E-state index in [1.165, 1.54) is 56.5 Å². The Bertz CT molecular complexity index is 3370. The summed E-state index contributed by atoms with van der Waals surface area (Å²) >= 11 is 1.91. The van der Waals surface area contributed by atoms with Gasteiger partial charge in [0.2, 0.25) is 0 Å². The molecule has 0 saturated heterocycles. The second-order valence-electron chi connectivity index (χ2n) is 16.2. The van der Waals surface area contributed by atoms with Crippen molar-refractivity contribution in [1.29, 1.82) is 0 Å². The second-order valence-corrected chi connectivity index (χ2v) is 24.7. The van der Waals surface area contributed by atoms with Gasteiger partial charge in [-0.3, -0.25) is 0 Å². The van der Waals surface area contributed by atoms with Crippen molar-refractivity contribution in [3.63, 3.8) is 0 Å². The maximum Gasteiger partial charge on any atom is 2.00 e. The minimum absolute atomic E-state index is 0. The van der Waals surface area contributed by atoms with Crippen molar-refractivity contribution >= 4 is 106 Å². The molecular formula is C58H39N3PdSSi2. The first kappa shape index (κ1) is 40.9. The van der Waals surface area contributed by atoms with E-state index in [0.29, 0.717) is 0 Å². The molecule has 1 aliphatic rings. The third kappa shape index (κ3) is 6.38. The number of fused-ring (bicyclic) bond motifs is 6. The molecule has 0 bridgehead atoms. The number of thiophene rings is 1. The molecule has 12 rings (SSSR count). The molecular weight excluding hydrogens is 933 g/mol. The van der Waals surface area contributed by atoms with Crippen molar-refractivity contribution in [3.05, 3.63) is 249 Å². The fourth-order valence-electron chi connectivity index (χ4n) is 10.4.